The third-order valence-electron chi connectivity index (χ3n) is 5.20. The largest absolute Gasteiger partial charge is 0.368 e. The summed E-state index contributed by atoms with van der Waals surface area (Å²) in [6.07, 6.45) is 5.12. The average molecular weight is 331 g/mol. The van der Waals surface area contributed by atoms with Gasteiger partial charge in [0.05, 0.1) is 6.20 Å². The molecule has 0 saturated carbocycles. The number of hydrogen-bond donors (Lipinski definition) is 0. The van der Waals surface area contributed by atoms with E-state index in [1.165, 1.54) is 27.9 Å². The normalized spacial score (nSPS) is 17.0. The first-order valence-electron chi connectivity index (χ1n) is 9.05. The number of aryl methyl sites for hydroxylation is 1. The molecule has 0 aliphatic carbocycles. The number of rotatable bonds is 3. The van der Waals surface area contributed by atoms with Crippen molar-refractivity contribution < 1.29 is 0 Å². The molecule has 0 bridgehead atoms. The lowest BCUT2D eigenvalue weighted by atomic mass is 9.85. The Morgan fingerprint density at radius 1 is 1.04 bits per heavy atom. The molecule has 0 amide bonds. The van der Waals surface area contributed by atoms with Crippen LogP contribution < -0.4 is 4.90 Å². The fourth-order valence-electron chi connectivity index (χ4n) is 3.88. The fourth-order valence-corrected chi connectivity index (χ4v) is 3.88. The van der Waals surface area contributed by atoms with Crippen LogP contribution in [0.3, 0.4) is 0 Å². The highest BCUT2D eigenvalue weighted by Gasteiger charge is 2.27. The minimum atomic E-state index is 0.495. The van der Waals surface area contributed by atoms with Gasteiger partial charge in [0, 0.05) is 43.0 Å². The molecule has 2 heterocycles. The molecule has 1 aliphatic heterocycles. The lowest BCUT2D eigenvalue weighted by molar-refractivity contribution is 0.567. The minimum Gasteiger partial charge on any atom is -0.368 e. The van der Waals surface area contributed by atoms with Crippen LogP contribution in [-0.4, -0.2) is 22.4 Å². The van der Waals surface area contributed by atoms with Gasteiger partial charge in [-0.2, -0.15) is 5.10 Å². The predicted octanol–water partition coefficient (Wildman–Crippen LogP) is 4.64. The summed E-state index contributed by atoms with van der Waals surface area (Å²) in [6, 6.07) is 18.3. The summed E-state index contributed by atoms with van der Waals surface area (Å²) >= 11 is 0. The smallest absolute Gasteiger partial charge is 0.0568 e. The Bertz CT molecular complexity index is 864. The second kappa shape index (κ2) is 6.40. The highest BCUT2D eigenvalue weighted by molar-refractivity contribution is 5.69. The maximum Gasteiger partial charge on any atom is 0.0568 e. The summed E-state index contributed by atoms with van der Waals surface area (Å²) in [7, 11) is 1.97. The Morgan fingerprint density at radius 3 is 2.52 bits per heavy atom. The van der Waals surface area contributed by atoms with Crippen LogP contribution in [-0.2, 0) is 13.5 Å². The van der Waals surface area contributed by atoms with Gasteiger partial charge in [0.1, 0.15) is 0 Å². The van der Waals surface area contributed by atoms with Crippen molar-refractivity contribution in [2.24, 2.45) is 7.05 Å². The van der Waals surface area contributed by atoms with Gasteiger partial charge in [-0.15, -0.1) is 0 Å². The van der Waals surface area contributed by atoms with Crippen molar-refractivity contribution in [3.8, 4) is 11.1 Å². The van der Waals surface area contributed by atoms with Gasteiger partial charge in [-0.25, -0.2) is 0 Å². The summed E-state index contributed by atoms with van der Waals surface area (Å²) in [4.78, 5) is 2.55. The van der Waals surface area contributed by atoms with Gasteiger partial charge in [-0.3, -0.25) is 4.68 Å². The zero-order chi connectivity index (χ0) is 17.4. The van der Waals surface area contributed by atoms with E-state index in [1.54, 1.807) is 0 Å². The summed E-state index contributed by atoms with van der Waals surface area (Å²) in [6.45, 7) is 5.65. The maximum absolute atomic E-state index is 4.32. The molecule has 4 rings (SSSR count). The average Bonchev–Trinajstić information content (AvgIpc) is 3.07. The van der Waals surface area contributed by atoms with E-state index in [0.717, 1.165) is 13.0 Å². The monoisotopic (exact) mass is 331 g/mol. The first kappa shape index (κ1) is 15.9. The second-order valence-corrected chi connectivity index (χ2v) is 7.30. The van der Waals surface area contributed by atoms with E-state index in [2.05, 4.69) is 78.6 Å². The van der Waals surface area contributed by atoms with Gasteiger partial charge in [-0.1, -0.05) is 36.4 Å². The molecule has 1 aliphatic rings. The van der Waals surface area contributed by atoms with E-state index in [1.807, 2.05) is 17.9 Å². The first-order chi connectivity index (χ1) is 12.1. The molecular weight excluding hydrogens is 306 g/mol. The Morgan fingerprint density at radius 2 is 1.84 bits per heavy atom. The van der Waals surface area contributed by atoms with E-state index in [9.17, 15) is 0 Å². The van der Waals surface area contributed by atoms with Gasteiger partial charge < -0.3 is 4.90 Å². The van der Waals surface area contributed by atoms with Crippen LogP contribution in [0, 0.1) is 0 Å². The second-order valence-electron chi connectivity index (χ2n) is 7.30. The highest BCUT2D eigenvalue weighted by atomic mass is 15.2. The molecule has 1 aromatic heterocycles. The van der Waals surface area contributed by atoms with Crippen molar-refractivity contribution in [3.63, 3.8) is 0 Å². The molecule has 0 unspecified atom stereocenters. The molecule has 0 radical (unpaired) electrons. The van der Waals surface area contributed by atoms with Crippen molar-refractivity contribution in [3.05, 3.63) is 72.1 Å². The SMILES string of the molecule is CC(C)N1C[C@H](c2ccccc2)Cc2cc(-c3cnn(C)c3)ccc21. The molecule has 3 nitrogen and oxygen atoms in total. The Hall–Kier alpha value is -2.55. The minimum absolute atomic E-state index is 0.495. The standard InChI is InChI=1S/C22H25N3/c1-16(2)25-15-20(17-7-5-4-6-8-17)12-19-11-18(9-10-22(19)25)21-13-23-24(3)14-21/h4-11,13-14,16,20H,12,15H2,1-3H3/t20-/m1/s1. The summed E-state index contributed by atoms with van der Waals surface area (Å²) in [5.41, 5.74) is 6.70. The van der Waals surface area contributed by atoms with Crippen LogP contribution in [0.25, 0.3) is 11.1 Å². The number of hydrogen-bond acceptors (Lipinski definition) is 2. The molecule has 25 heavy (non-hydrogen) atoms. The summed E-state index contributed by atoms with van der Waals surface area (Å²) in [5.74, 6) is 0.542. The Kier molecular flexibility index (Phi) is 4.08. The lowest BCUT2D eigenvalue weighted by Crippen LogP contribution is -2.39. The number of nitrogens with zero attached hydrogens (tertiary/aromatic N) is 3. The summed E-state index contributed by atoms with van der Waals surface area (Å²) < 4.78 is 1.86. The quantitative estimate of drug-likeness (QED) is 0.697. The van der Waals surface area contributed by atoms with Crippen LogP contribution in [0.1, 0.15) is 30.9 Å². The van der Waals surface area contributed by atoms with Gasteiger partial charge >= 0.3 is 0 Å². The predicted molar refractivity (Wildman–Crippen MR) is 104 cm³/mol. The number of anilines is 1. The van der Waals surface area contributed by atoms with Crippen LogP contribution >= 0.6 is 0 Å². The fraction of sp³-hybridized carbons (Fsp3) is 0.318. The van der Waals surface area contributed by atoms with Crippen molar-refractivity contribution in [1.29, 1.82) is 0 Å². The number of fused-ring (bicyclic) bond motifs is 1. The molecular formula is C22H25N3. The van der Waals surface area contributed by atoms with Crippen molar-refractivity contribution >= 4 is 5.69 Å². The maximum atomic E-state index is 4.32. The van der Waals surface area contributed by atoms with Crippen LogP contribution in [0.5, 0.6) is 0 Å². The van der Waals surface area contributed by atoms with E-state index in [-0.39, 0.29) is 0 Å². The number of aromatic nitrogens is 2. The highest BCUT2D eigenvalue weighted by Crippen LogP contribution is 2.37. The summed E-state index contributed by atoms with van der Waals surface area (Å²) in [5, 5.41) is 4.32. The van der Waals surface area contributed by atoms with Crippen molar-refractivity contribution in [1.82, 2.24) is 9.78 Å². The molecule has 0 fully saturated rings. The molecule has 3 aromatic rings. The zero-order valence-electron chi connectivity index (χ0n) is 15.2. The van der Waals surface area contributed by atoms with Gasteiger partial charge in [-0.05, 0) is 49.1 Å². The van der Waals surface area contributed by atoms with Crippen LogP contribution in [0.2, 0.25) is 0 Å². The zero-order valence-corrected chi connectivity index (χ0v) is 15.2. The molecule has 3 heteroatoms. The Labute approximate surface area is 149 Å². The number of benzene rings is 2. The molecule has 1 atom stereocenters. The van der Waals surface area contributed by atoms with Gasteiger partial charge in [0.25, 0.3) is 0 Å². The molecule has 0 spiro atoms. The lowest BCUT2D eigenvalue weighted by Gasteiger charge is -2.39. The van der Waals surface area contributed by atoms with Crippen LogP contribution in [0.15, 0.2) is 60.9 Å². The molecule has 2 aromatic carbocycles. The third kappa shape index (κ3) is 3.07. The third-order valence-corrected chi connectivity index (χ3v) is 5.20. The van der Waals surface area contributed by atoms with E-state index in [0.29, 0.717) is 12.0 Å². The van der Waals surface area contributed by atoms with Crippen LogP contribution in [0.4, 0.5) is 5.69 Å². The molecule has 128 valence electrons. The molecule has 0 saturated heterocycles. The van der Waals surface area contributed by atoms with Crippen molar-refractivity contribution in [2.45, 2.75) is 32.2 Å². The Balaban J connectivity index is 1.74. The van der Waals surface area contributed by atoms with E-state index >= 15 is 0 Å². The molecule has 0 N–H and O–H groups in total. The first-order valence-corrected chi connectivity index (χ1v) is 9.05. The van der Waals surface area contributed by atoms with Gasteiger partial charge in [0.15, 0.2) is 0 Å². The van der Waals surface area contributed by atoms with Gasteiger partial charge in [0.2, 0.25) is 0 Å². The van der Waals surface area contributed by atoms with E-state index < -0.39 is 0 Å². The topological polar surface area (TPSA) is 21.1 Å². The van der Waals surface area contributed by atoms with E-state index in [4.69, 9.17) is 0 Å². The van der Waals surface area contributed by atoms with Crippen molar-refractivity contribution in [2.75, 3.05) is 11.4 Å².